The third kappa shape index (κ3) is 4.19. The van der Waals surface area contributed by atoms with Crippen molar-refractivity contribution in [1.29, 1.82) is 0 Å². The van der Waals surface area contributed by atoms with Gasteiger partial charge in [-0.2, -0.15) is 0 Å². The third-order valence-corrected chi connectivity index (χ3v) is 2.90. The fourth-order valence-corrected chi connectivity index (χ4v) is 1.63. The Morgan fingerprint density at radius 2 is 2.00 bits per heavy atom. The van der Waals surface area contributed by atoms with Gasteiger partial charge in [-0.15, -0.1) is 0 Å². The molecule has 0 fully saturated rings. The molecule has 3 nitrogen and oxygen atoms in total. The number of para-hydroxylation sites is 1. The van der Waals surface area contributed by atoms with E-state index in [0.717, 1.165) is 11.3 Å². The molecule has 0 aliphatic heterocycles. The van der Waals surface area contributed by atoms with Gasteiger partial charge in [0.05, 0.1) is 7.11 Å². The lowest BCUT2D eigenvalue weighted by molar-refractivity contribution is -0.119. The average molecular weight is 235 g/mol. The maximum absolute atomic E-state index is 11.9. The first-order valence-corrected chi connectivity index (χ1v) is 5.93. The number of ether oxygens (including phenoxy) is 1. The lowest BCUT2D eigenvalue weighted by Gasteiger charge is -2.15. The maximum atomic E-state index is 11.9. The van der Waals surface area contributed by atoms with E-state index in [1.807, 2.05) is 38.1 Å². The topological polar surface area (TPSA) is 52.3 Å². The summed E-state index contributed by atoms with van der Waals surface area (Å²) >= 11 is 0. The van der Waals surface area contributed by atoms with Crippen LogP contribution < -0.4 is 10.5 Å². The van der Waals surface area contributed by atoms with Crippen LogP contribution in [0.2, 0.25) is 0 Å². The number of Topliss-reactive ketones (excluding diaryl/α,β-unsaturated/α-hetero) is 1. The molecule has 0 aliphatic rings. The number of carbonyl (C=O) groups excluding carboxylic acids is 1. The second kappa shape index (κ2) is 6.40. The highest BCUT2D eigenvalue weighted by Crippen LogP contribution is 2.19. The Hall–Kier alpha value is -1.35. The molecule has 1 aromatic carbocycles. The van der Waals surface area contributed by atoms with Gasteiger partial charge in [0.15, 0.2) is 0 Å². The van der Waals surface area contributed by atoms with Gasteiger partial charge in [-0.3, -0.25) is 4.79 Å². The molecular weight excluding hydrogens is 214 g/mol. The number of benzene rings is 1. The smallest absolute Gasteiger partial charge is 0.138 e. The van der Waals surface area contributed by atoms with E-state index in [-0.39, 0.29) is 11.8 Å². The molecule has 0 bridgehead atoms. The molecule has 0 spiro atoms. The van der Waals surface area contributed by atoms with Crippen LogP contribution in [0.5, 0.6) is 5.75 Å². The van der Waals surface area contributed by atoms with Gasteiger partial charge in [0.1, 0.15) is 11.5 Å². The van der Waals surface area contributed by atoms with Crippen LogP contribution in [0, 0.1) is 5.92 Å². The first kappa shape index (κ1) is 13.7. The summed E-state index contributed by atoms with van der Waals surface area (Å²) < 4.78 is 5.22. The predicted molar refractivity (Wildman–Crippen MR) is 69.1 cm³/mol. The van der Waals surface area contributed by atoms with Gasteiger partial charge >= 0.3 is 0 Å². The number of methoxy groups -OCH3 is 1. The molecule has 3 heteroatoms. The van der Waals surface area contributed by atoms with Gasteiger partial charge < -0.3 is 10.5 Å². The first-order chi connectivity index (χ1) is 8.04. The summed E-state index contributed by atoms with van der Waals surface area (Å²) in [5, 5.41) is 0. The van der Waals surface area contributed by atoms with Gasteiger partial charge in [-0.05, 0) is 12.0 Å². The number of hydrogen-bond donors (Lipinski definition) is 1. The van der Waals surface area contributed by atoms with E-state index in [2.05, 4.69) is 0 Å². The number of hydrogen-bond acceptors (Lipinski definition) is 3. The molecule has 0 saturated heterocycles. The van der Waals surface area contributed by atoms with Crippen molar-refractivity contribution in [2.75, 3.05) is 7.11 Å². The summed E-state index contributed by atoms with van der Waals surface area (Å²) in [7, 11) is 1.61. The van der Waals surface area contributed by atoms with E-state index in [9.17, 15) is 4.79 Å². The van der Waals surface area contributed by atoms with Crippen molar-refractivity contribution in [2.45, 2.75) is 32.7 Å². The fraction of sp³-hybridized carbons (Fsp3) is 0.500. The van der Waals surface area contributed by atoms with E-state index >= 15 is 0 Å². The summed E-state index contributed by atoms with van der Waals surface area (Å²) in [6.45, 7) is 4.06. The van der Waals surface area contributed by atoms with Crippen molar-refractivity contribution < 1.29 is 9.53 Å². The Kier molecular flexibility index (Phi) is 5.16. The molecule has 1 aromatic rings. The average Bonchev–Trinajstić information content (AvgIpc) is 2.29. The monoisotopic (exact) mass is 235 g/mol. The van der Waals surface area contributed by atoms with Crippen molar-refractivity contribution in [2.24, 2.45) is 11.7 Å². The van der Waals surface area contributed by atoms with Crippen LogP contribution >= 0.6 is 0 Å². The normalized spacial score (nSPS) is 12.5. The predicted octanol–water partition coefficient (Wildman–Crippen LogP) is 2.18. The molecule has 0 amide bonds. The summed E-state index contributed by atoms with van der Waals surface area (Å²) in [6.07, 6.45) is 0.820. The second-order valence-corrected chi connectivity index (χ2v) is 4.64. The second-order valence-electron chi connectivity index (χ2n) is 4.64. The molecule has 17 heavy (non-hydrogen) atoms. The Morgan fingerprint density at radius 3 is 2.59 bits per heavy atom. The standard InChI is InChI=1S/C14H21NO2/c1-10(2)13(15)9-12(16)8-11-6-4-5-7-14(11)17-3/h4-7,10,13H,8-9,15H2,1-3H3. The van der Waals surface area contributed by atoms with Crippen molar-refractivity contribution in [3.05, 3.63) is 29.8 Å². The Labute approximate surface area is 103 Å². The molecule has 1 atom stereocenters. The highest BCUT2D eigenvalue weighted by Gasteiger charge is 2.14. The van der Waals surface area contributed by atoms with Crippen molar-refractivity contribution in [3.8, 4) is 5.75 Å². The number of carbonyl (C=O) groups is 1. The van der Waals surface area contributed by atoms with Crippen LogP contribution in [0.1, 0.15) is 25.8 Å². The van der Waals surface area contributed by atoms with E-state index in [4.69, 9.17) is 10.5 Å². The first-order valence-electron chi connectivity index (χ1n) is 5.93. The largest absolute Gasteiger partial charge is 0.496 e. The van der Waals surface area contributed by atoms with Gasteiger partial charge in [-0.25, -0.2) is 0 Å². The highest BCUT2D eigenvalue weighted by molar-refractivity contribution is 5.82. The van der Waals surface area contributed by atoms with Crippen LogP contribution in [-0.2, 0) is 11.2 Å². The molecule has 1 unspecified atom stereocenters. The van der Waals surface area contributed by atoms with Crippen molar-refractivity contribution >= 4 is 5.78 Å². The molecular formula is C14H21NO2. The Morgan fingerprint density at radius 1 is 1.35 bits per heavy atom. The van der Waals surface area contributed by atoms with E-state index in [0.29, 0.717) is 18.8 Å². The van der Waals surface area contributed by atoms with Gasteiger partial charge in [0.25, 0.3) is 0 Å². The molecule has 94 valence electrons. The van der Waals surface area contributed by atoms with E-state index in [1.54, 1.807) is 7.11 Å². The third-order valence-electron chi connectivity index (χ3n) is 2.90. The van der Waals surface area contributed by atoms with Gasteiger partial charge in [0.2, 0.25) is 0 Å². The maximum Gasteiger partial charge on any atom is 0.138 e. The highest BCUT2D eigenvalue weighted by atomic mass is 16.5. The Balaban J connectivity index is 2.62. The molecule has 2 N–H and O–H groups in total. The number of ketones is 1. The van der Waals surface area contributed by atoms with Crippen LogP contribution in [0.4, 0.5) is 0 Å². The fourth-order valence-electron chi connectivity index (χ4n) is 1.63. The van der Waals surface area contributed by atoms with Gasteiger partial charge in [-0.1, -0.05) is 32.0 Å². The van der Waals surface area contributed by atoms with Gasteiger partial charge in [0, 0.05) is 24.4 Å². The van der Waals surface area contributed by atoms with Crippen LogP contribution in [-0.4, -0.2) is 18.9 Å². The lowest BCUT2D eigenvalue weighted by Crippen LogP contribution is -2.29. The number of rotatable bonds is 6. The van der Waals surface area contributed by atoms with E-state index in [1.165, 1.54) is 0 Å². The zero-order valence-electron chi connectivity index (χ0n) is 10.8. The zero-order chi connectivity index (χ0) is 12.8. The van der Waals surface area contributed by atoms with Crippen LogP contribution in [0.25, 0.3) is 0 Å². The molecule has 1 rings (SSSR count). The van der Waals surface area contributed by atoms with Crippen LogP contribution in [0.3, 0.4) is 0 Å². The summed E-state index contributed by atoms with van der Waals surface area (Å²) in [4.78, 5) is 11.9. The summed E-state index contributed by atoms with van der Waals surface area (Å²) in [6, 6.07) is 7.53. The lowest BCUT2D eigenvalue weighted by atomic mass is 9.96. The summed E-state index contributed by atoms with van der Waals surface area (Å²) in [5.41, 5.74) is 6.82. The summed E-state index contributed by atoms with van der Waals surface area (Å²) in [5.74, 6) is 1.26. The molecule has 0 aromatic heterocycles. The molecule has 0 heterocycles. The zero-order valence-corrected chi connectivity index (χ0v) is 10.8. The Bertz CT molecular complexity index is 374. The minimum Gasteiger partial charge on any atom is -0.496 e. The molecule has 0 radical (unpaired) electrons. The van der Waals surface area contributed by atoms with Crippen molar-refractivity contribution in [3.63, 3.8) is 0 Å². The quantitative estimate of drug-likeness (QED) is 0.822. The minimum atomic E-state index is -0.0581. The van der Waals surface area contributed by atoms with Crippen molar-refractivity contribution in [1.82, 2.24) is 0 Å². The minimum absolute atomic E-state index is 0.0581. The number of nitrogens with two attached hydrogens (primary N) is 1. The molecule has 0 aliphatic carbocycles. The molecule has 0 saturated carbocycles. The SMILES string of the molecule is COc1ccccc1CC(=O)CC(N)C(C)C. The van der Waals surface area contributed by atoms with E-state index < -0.39 is 0 Å². The van der Waals surface area contributed by atoms with Crippen LogP contribution in [0.15, 0.2) is 24.3 Å².